The SMILES string of the molecule is Cc1c(C(=O)c2cc(Br)c(O)c(Br)c2)c2ccncc2n1C. The molecule has 6 heteroatoms. The molecule has 2 heterocycles. The zero-order chi connectivity index (χ0) is 16.0. The molecular formula is C16H12Br2N2O2. The van der Waals surface area contributed by atoms with Crippen LogP contribution in [-0.4, -0.2) is 20.4 Å². The van der Waals surface area contributed by atoms with Crippen LogP contribution in [0.1, 0.15) is 21.6 Å². The van der Waals surface area contributed by atoms with E-state index in [0.29, 0.717) is 20.1 Å². The Hall–Kier alpha value is -1.66. The van der Waals surface area contributed by atoms with Gasteiger partial charge in [-0.1, -0.05) is 0 Å². The standard InChI is InChI=1S/C16H12Br2N2O2/c1-8-14(10-3-4-19-7-13(10)20(8)2)15(21)9-5-11(17)16(22)12(18)6-9/h3-7,22H,1-2H3. The van der Waals surface area contributed by atoms with E-state index in [2.05, 4.69) is 36.8 Å². The second kappa shape index (κ2) is 5.52. The monoisotopic (exact) mass is 422 g/mol. The molecule has 0 spiro atoms. The molecule has 0 unspecified atom stereocenters. The third kappa shape index (κ3) is 2.27. The molecule has 0 aliphatic heterocycles. The second-order valence-corrected chi connectivity index (χ2v) is 6.74. The number of aromatic nitrogens is 2. The molecule has 112 valence electrons. The number of phenolic OH excluding ortho intramolecular Hbond substituents is 1. The summed E-state index contributed by atoms with van der Waals surface area (Å²) in [7, 11) is 1.92. The topological polar surface area (TPSA) is 55.1 Å². The number of rotatable bonds is 2. The minimum Gasteiger partial charge on any atom is -0.506 e. The zero-order valence-electron chi connectivity index (χ0n) is 11.9. The summed E-state index contributed by atoms with van der Waals surface area (Å²) in [6.45, 7) is 1.91. The van der Waals surface area contributed by atoms with E-state index >= 15 is 0 Å². The highest BCUT2D eigenvalue weighted by atomic mass is 79.9. The smallest absolute Gasteiger partial charge is 0.195 e. The first kappa shape index (κ1) is 15.2. The van der Waals surface area contributed by atoms with Crippen molar-refractivity contribution in [2.75, 3.05) is 0 Å². The van der Waals surface area contributed by atoms with Crippen LogP contribution in [0.15, 0.2) is 39.5 Å². The number of aryl methyl sites for hydroxylation is 1. The predicted octanol–water partition coefficient (Wildman–Crippen LogP) is 4.34. The Kier molecular flexibility index (Phi) is 3.82. The van der Waals surface area contributed by atoms with Crippen molar-refractivity contribution in [3.8, 4) is 5.75 Å². The average Bonchev–Trinajstić information content (AvgIpc) is 2.76. The summed E-state index contributed by atoms with van der Waals surface area (Å²) in [5.74, 6) is -0.00825. The summed E-state index contributed by atoms with van der Waals surface area (Å²) in [5, 5.41) is 10.7. The van der Waals surface area contributed by atoms with Crippen molar-refractivity contribution >= 4 is 48.5 Å². The molecule has 2 aromatic heterocycles. The first-order valence-electron chi connectivity index (χ1n) is 6.53. The Balaban J connectivity index is 2.24. The molecule has 0 aliphatic rings. The fourth-order valence-corrected chi connectivity index (χ4v) is 3.72. The lowest BCUT2D eigenvalue weighted by Crippen LogP contribution is -2.04. The molecule has 4 nitrogen and oxygen atoms in total. The number of carbonyl (C=O) groups excluding carboxylic acids is 1. The number of aromatic hydroxyl groups is 1. The maximum Gasteiger partial charge on any atom is 0.195 e. The number of halogens is 2. The molecule has 0 saturated heterocycles. The van der Waals surface area contributed by atoms with Crippen LogP contribution in [0.5, 0.6) is 5.75 Å². The van der Waals surface area contributed by atoms with Crippen LogP contribution >= 0.6 is 31.9 Å². The van der Waals surface area contributed by atoms with Crippen molar-refractivity contribution in [2.24, 2.45) is 7.05 Å². The van der Waals surface area contributed by atoms with E-state index in [4.69, 9.17) is 0 Å². The van der Waals surface area contributed by atoms with Crippen LogP contribution < -0.4 is 0 Å². The third-order valence-electron chi connectivity index (χ3n) is 3.80. The van der Waals surface area contributed by atoms with Crippen molar-refractivity contribution in [3.63, 3.8) is 0 Å². The van der Waals surface area contributed by atoms with Crippen molar-refractivity contribution < 1.29 is 9.90 Å². The van der Waals surface area contributed by atoms with Crippen molar-refractivity contribution in [3.05, 3.63) is 56.4 Å². The molecule has 0 atom stereocenters. The van der Waals surface area contributed by atoms with Crippen LogP contribution in [0.4, 0.5) is 0 Å². The zero-order valence-corrected chi connectivity index (χ0v) is 15.1. The van der Waals surface area contributed by atoms with E-state index in [1.165, 1.54) is 0 Å². The second-order valence-electron chi connectivity index (χ2n) is 5.03. The lowest BCUT2D eigenvalue weighted by atomic mass is 10.0. The van der Waals surface area contributed by atoms with Crippen LogP contribution in [0.2, 0.25) is 0 Å². The van der Waals surface area contributed by atoms with Gasteiger partial charge in [0, 0.05) is 29.9 Å². The maximum absolute atomic E-state index is 13.0. The summed E-state index contributed by atoms with van der Waals surface area (Å²) in [6.07, 6.45) is 3.43. The lowest BCUT2D eigenvalue weighted by Gasteiger charge is -2.06. The average molecular weight is 424 g/mol. The molecule has 0 amide bonds. The number of phenols is 1. The highest BCUT2D eigenvalue weighted by Gasteiger charge is 2.21. The van der Waals surface area contributed by atoms with E-state index in [1.54, 1.807) is 24.5 Å². The molecular weight excluding hydrogens is 412 g/mol. The molecule has 0 aliphatic carbocycles. The molecule has 0 bridgehead atoms. The van der Waals surface area contributed by atoms with Gasteiger partial charge in [-0.05, 0) is 57.0 Å². The third-order valence-corrected chi connectivity index (χ3v) is 5.01. The normalized spacial score (nSPS) is 11.1. The van der Waals surface area contributed by atoms with Gasteiger partial charge in [0.05, 0.1) is 26.2 Å². The Labute approximate surface area is 144 Å². The number of hydrogen-bond donors (Lipinski definition) is 1. The number of hydrogen-bond acceptors (Lipinski definition) is 3. The fraction of sp³-hybridized carbons (Fsp3) is 0.125. The molecule has 0 radical (unpaired) electrons. The van der Waals surface area contributed by atoms with E-state index < -0.39 is 0 Å². The van der Waals surface area contributed by atoms with Crippen LogP contribution in [0.3, 0.4) is 0 Å². The molecule has 3 rings (SSSR count). The van der Waals surface area contributed by atoms with Gasteiger partial charge in [0.1, 0.15) is 5.75 Å². The first-order chi connectivity index (χ1) is 10.4. The summed E-state index contributed by atoms with van der Waals surface area (Å²) >= 11 is 6.53. The number of carbonyl (C=O) groups is 1. The summed E-state index contributed by atoms with van der Waals surface area (Å²) in [6, 6.07) is 5.10. The van der Waals surface area contributed by atoms with Gasteiger partial charge < -0.3 is 9.67 Å². The van der Waals surface area contributed by atoms with Gasteiger partial charge >= 0.3 is 0 Å². The largest absolute Gasteiger partial charge is 0.506 e. The van der Waals surface area contributed by atoms with Gasteiger partial charge in [0.15, 0.2) is 5.78 Å². The number of benzene rings is 1. The van der Waals surface area contributed by atoms with Gasteiger partial charge in [-0.25, -0.2) is 0 Å². The molecule has 22 heavy (non-hydrogen) atoms. The fourth-order valence-electron chi connectivity index (χ4n) is 2.54. The lowest BCUT2D eigenvalue weighted by molar-refractivity contribution is 0.103. The number of pyridine rings is 1. The van der Waals surface area contributed by atoms with E-state index in [9.17, 15) is 9.90 Å². The van der Waals surface area contributed by atoms with Crippen molar-refractivity contribution in [1.29, 1.82) is 0 Å². The van der Waals surface area contributed by atoms with E-state index in [-0.39, 0.29) is 11.5 Å². The van der Waals surface area contributed by atoms with Crippen LogP contribution in [-0.2, 0) is 7.05 Å². The predicted molar refractivity (Wildman–Crippen MR) is 92.4 cm³/mol. The summed E-state index contributed by atoms with van der Waals surface area (Å²) in [5.41, 5.74) is 2.96. The summed E-state index contributed by atoms with van der Waals surface area (Å²) in [4.78, 5) is 17.1. The van der Waals surface area contributed by atoms with Gasteiger partial charge in [-0.2, -0.15) is 0 Å². The van der Waals surface area contributed by atoms with Gasteiger partial charge in [0.2, 0.25) is 0 Å². The highest BCUT2D eigenvalue weighted by molar-refractivity contribution is 9.11. The Morgan fingerprint density at radius 3 is 2.55 bits per heavy atom. The molecule has 3 aromatic rings. The van der Waals surface area contributed by atoms with E-state index in [1.807, 2.05) is 24.6 Å². The first-order valence-corrected chi connectivity index (χ1v) is 8.12. The molecule has 1 N–H and O–H groups in total. The molecule has 0 fully saturated rings. The molecule has 1 aromatic carbocycles. The Morgan fingerprint density at radius 2 is 1.91 bits per heavy atom. The Morgan fingerprint density at radius 1 is 1.27 bits per heavy atom. The van der Waals surface area contributed by atoms with Crippen LogP contribution in [0, 0.1) is 6.92 Å². The number of fused-ring (bicyclic) bond motifs is 1. The number of nitrogens with zero attached hydrogens (tertiary/aromatic N) is 2. The minimum atomic E-state index is -0.0873. The van der Waals surface area contributed by atoms with Crippen molar-refractivity contribution in [2.45, 2.75) is 6.92 Å². The van der Waals surface area contributed by atoms with E-state index in [0.717, 1.165) is 16.6 Å². The summed E-state index contributed by atoms with van der Waals surface area (Å²) < 4.78 is 2.91. The quantitative estimate of drug-likeness (QED) is 0.623. The number of ketones is 1. The van der Waals surface area contributed by atoms with Gasteiger partial charge in [0.25, 0.3) is 0 Å². The highest BCUT2D eigenvalue weighted by Crippen LogP contribution is 2.35. The van der Waals surface area contributed by atoms with Gasteiger partial charge in [-0.15, -0.1) is 0 Å². The maximum atomic E-state index is 13.0. The molecule has 0 saturated carbocycles. The minimum absolute atomic E-state index is 0.0791. The van der Waals surface area contributed by atoms with Crippen LogP contribution in [0.25, 0.3) is 10.9 Å². The van der Waals surface area contributed by atoms with Crippen molar-refractivity contribution in [1.82, 2.24) is 9.55 Å². The Bertz CT molecular complexity index is 893. The van der Waals surface area contributed by atoms with Gasteiger partial charge in [-0.3, -0.25) is 9.78 Å².